The highest BCUT2D eigenvalue weighted by atomic mass is 16.6. The van der Waals surface area contributed by atoms with E-state index in [1.807, 2.05) is 13.8 Å². The Morgan fingerprint density at radius 3 is 2.55 bits per heavy atom. The summed E-state index contributed by atoms with van der Waals surface area (Å²) in [6.07, 6.45) is 0. The van der Waals surface area contributed by atoms with Gasteiger partial charge in [-0.05, 0) is 36.2 Å². The van der Waals surface area contributed by atoms with Crippen molar-refractivity contribution in [2.75, 3.05) is 7.11 Å². The van der Waals surface area contributed by atoms with Crippen molar-refractivity contribution in [3.05, 3.63) is 70.1 Å². The summed E-state index contributed by atoms with van der Waals surface area (Å²) in [4.78, 5) is 27.4. The van der Waals surface area contributed by atoms with Gasteiger partial charge in [-0.3, -0.25) is 14.9 Å². The quantitative estimate of drug-likeness (QED) is 0.476. The van der Waals surface area contributed by atoms with Crippen molar-refractivity contribution in [2.45, 2.75) is 19.9 Å². The van der Waals surface area contributed by atoms with Crippen LogP contribution in [0.4, 0.5) is 5.69 Å². The highest BCUT2D eigenvalue weighted by molar-refractivity contribution is 5.95. The van der Waals surface area contributed by atoms with Crippen LogP contribution in [0.15, 0.2) is 53.1 Å². The molecule has 1 aromatic heterocycles. The maximum atomic E-state index is 12.6. The molecule has 0 unspecified atom stereocenters. The third-order valence-electron chi connectivity index (χ3n) is 4.33. The second-order valence-corrected chi connectivity index (χ2v) is 6.69. The monoisotopic (exact) mass is 396 g/mol. The van der Waals surface area contributed by atoms with Crippen LogP contribution in [-0.4, -0.2) is 28.1 Å². The Kier molecular flexibility index (Phi) is 5.87. The fraction of sp³-hybridized carbons (Fsp3) is 0.250. The lowest BCUT2D eigenvalue weighted by Crippen LogP contribution is -2.32. The van der Waals surface area contributed by atoms with Crippen LogP contribution >= 0.6 is 0 Å². The Morgan fingerprint density at radius 2 is 1.93 bits per heavy atom. The molecule has 0 fully saturated rings. The van der Waals surface area contributed by atoms with Crippen LogP contribution in [0, 0.1) is 16.0 Å². The lowest BCUT2D eigenvalue weighted by atomic mass is 10.0. The zero-order chi connectivity index (χ0) is 21.0. The number of nitro groups is 1. The second-order valence-electron chi connectivity index (χ2n) is 6.69. The number of hydrogen-bond acceptors (Lipinski definition) is 7. The minimum atomic E-state index is -0.554. The Labute approximate surface area is 166 Å². The highest BCUT2D eigenvalue weighted by Gasteiger charge is 2.26. The fourth-order valence-electron chi connectivity index (χ4n) is 2.72. The maximum absolute atomic E-state index is 12.6. The van der Waals surface area contributed by atoms with E-state index in [1.165, 1.54) is 24.3 Å². The Bertz CT molecular complexity index is 1010. The van der Waals surface area contributed by atoms with Gasteiger partial charge >= 0.3 is 0 Å². The number of aromatic nitrogens is 2. The molecule has 0 aliphatic heterocycles. The van der Waals surface area contributed by atoms with Crippen molar-refractivity contribution in [3.63, 3.8) is 0 Å². The van der Waals surface area contributed by atoms with Gasteiger partial charge in [0, 0.05) is 23.3 Å². The van der Waals surface area contributed by atoms with Crippen molar-refractivity contribution in [1.29, 1.82) is 0 Å². The first-order valence-corrected chi connectivity index (χ1v) is 8.92. The molecular weight excluding hydrogens is 376 g/mol. The topological polar surface area (TPSA) is 120 Å². The number of benzene rings is 2. The van der Waals surface area contributed by atoms with Crippen LogP contribution in [0.1, 0.15) is 36.1 Å². The molecule has 0 aliphatic carbocycles. The van der Waals surface area contributed by atoms with Crippen molar-refractivity contribution < 1.29 is 19.0 Å². The maximum Gasteiger partial charge on any atom is 0.270 e. The van der Waals surface area contributed by atoms with Crippen LogP contribution in [0.25, 0.3) is 11.4 Å². The zero-order valence-corrected chi connectivity index (χ0v) is 16.2. The summed E-state index contributed by atoms with van der Waals surface area (Å²) in [5.74, 6) is 0.836. The number of hydrogen-bond donors (Lipinski definition) is 1. The van der Waals surface area contributed by atoms with Gasteiger partial charge in [0.05, 0.1) is 12.0 Å². The molecule has 1 amide bonds. The van der Waals surface area contributed by atoms with E-state index in [4.69, 9.17) is 9.26 Å². The average Bonchev–Trinajstić information content (AvgIpc) is 3.21. The number of carbonyl (C=O) groups excluding carboxylic acids is 1. The summed E-state index contributed by atoms with van der Waals surface area (Å²) < 4.78 is 10.5. The van der Waals surface area contributed by atoms with E-state index >= 15 is 0 Å². The van der Waals surface area contributed by atoms with Crippen LogP contribution in [-0.2, 0) is 0 Å². The van der Waals surface area contributed by atoms with Gasteiger partial charge in [0.15, 0.2) is 0 Å². The molecular formula is C20H20N4O5. The number of rotatable bonds is 7. The smallest absolute Gasteiger partial charge is 0.270 e. The number of nitrogens with one attached hydrogen (secondary N) is 1. The minimum absolute atomic E-state index is 0.0539. The summed E-state index contributed by atoms with van der Waals surface area (Å²) in [6.45, 7) is 3.80. The van der Waals surface area contributed by atoms with Crippen molar-refractivity contribution in [1.82, 2.24) is 15.5 Å². The Morgan fingerprint density at radius 1 is 1.21 bits per heavy atom. The van der Waals surface area contributed by atoms with Gasteiger partial charge < -0.3 is 14.6 Å². The molecule has 0 aliphatic rings. The summed E-state index contributed by atoms with van der Waals surface area (Å²) in [5.41, 5.74) is 0.770. The number of ether oxygens (including phenoxy) is 1. The normalized spacial score (nSPS) is 11.9. The van der Waals surface area contributed by atoms with Gasteiger partial charge in [-0.1, -0.05) is 25.1 Å². The van der Waals surface area contributed by atoms with E-state index in [0.717, 1.165) is 5.56 Å². The minimum Gasteiger partial charge on any atom is -0.497 e. The highest BCUT2D eigenvalue weighted by Crippen LogP contribution is 2.25. The second kappa shape index (κ2) is 8.51. The molecule has 0 saturated heterocycles. The van der Waals surface area contributed by atoms with Crippen LogP contribution < -0.4 is 10.1 Å². The molecule has 29 heavy (non-hydrogen) atoms. The molecule has 1 heterocycles. The molecule has 150 valence electrons. The SMILES string of the molecule is COc1ccc(-c2noc([C@@H](NC(=O)c3cccc([N+](=O)[O-])c3)C(C)C)n2)cc1. The van der Waals surface area contributed by atoms with Crippen molar-refractivity contribution in [3.8, 4) is 17.1 Å². The van der Waals surface area contributed by atoms with Gasteiger partial charge in [0.2, 0.25) is 11.7 Å². The first-order chi connectivity index (χ1) is 13.9. The van der Waals surface area contributed by atoms with E-state index in [9.17, 15) is 14.9 Å². The number of methoxy groups -OCH3 is 1. The fourth-order valence-corrected chi connectivity index (χ4v) is 2.72. The summed E-state index contributed by atoms with van der Waals surface area (Å²) >= 11 is 0. The molecule has 3 aromatic rings. The molecule has 9 heteroatoms. The van der Waals surface area contributed by atoms with Gasteiger partial charge in [0.1, 0.15) is 11.8 Å². The largest absolute Gasteiger partial charge is 0.497 e. The molecule has 1 atom stereocenters. The zero-order valence-electron chi connectivity index (χ0n) is 16.2. The van der Waals surface area contributed by atoms with E-state index in [-0.39, 0.29) is 23.1 Å². The standard InChI is InChI=1S/C20H20N4O5/c1-12(2)17(21-19(25)14-5-4-6-15(11-14)24(26)27)20-22-18(23-29-20)13-7-9-16(28-3)10-8-13/h4-12,17H,1-3H3,(H,21,25)/t17-/m0/s1. The van der Waals surface area contributed by atoms with Crippen LogP contribution in [0.2, 0.25) is 0 Å². The predicted octanol–water partition coefficient (Wildman–Crippen LogP) is 3.78. The molecule has 0 radical (unpaired) electrons. The molecule has 1 N–H and O–H groups in total. The molecule has 0 spiro atoms. The first-order valence-electron chi connectivity index (χ1n) is 8.92. The lowest BCUT2D eigenvalue weighted by Gasteiger charge is -2.18. The molecule has 3 rings (SSSR count). The lowest BCUT2D eigenvalue weighted by molar-refractivity contribution is -0.384. The summed E-state index contributed by atoms with van der Waals surface area (Å²) in [6, 6.07) is 12.2. The average molecular weight is 396 g/mol. The van der Waals surface area contributed by atoms with E-state index < -0.39 is 16.9 Å². The van der Waals surface area contributed by atoms with Gasteiger partial charge in [-0.2, -0.15) is 4.98 Å². The number of amides is 1. The Hall–Kier alpha value is -3.75. The van der Waals surface area contributed by atoms with Crippen LogP contribution in [0.3, 0.4) is 0 Å². The van der Waals surface area contributed by atoms with Gasteiger partial charge in [-0.15, -0.1) is 0 Å². The molecule has 0 saturated carbocycles. The number of nitro benzene ring substituents is 1. The van der Waals surface area contributed by atoms with Crippen LogP contribution in [0.5, 0.6) is 5.75 Å². The number of nitrogens with zero attached hydrogens (tertiary/aromatic N) is 3. The Balaban J connectivity index is 1.81. The van der Waals surface area contributed by atoms with E-state index in [2.05, 4.69) is 15.5 Å². The number of carbonyl (C=O) groups is 1. The summed E-state index contributed by atoms with van der Waals surface area (Å²) in [7, 11) is 1.58. The number of non-ortho nitro benzene ring substituents is 1. The predicted molar refractivity (Wildman–Crippen MR) is 104 cm³/mol. The third-order valence-corrected chi connectivity index (χ3v) is 4.33. The van der Waals surface area contributed by atoms with Crippen molar-refractivity contribution in [2.24, 2.45) is 5.92 Å². The molecule has 0 bridgehead atoms. The molecule has 9 nitrogen and oxygen atoms in total. The van der Waals surface area contributed by atoms with Crippen molar-refractivity contribution >= 4 is 11.6 Å². The van der Waals surface area contributed by atoms with Gasteiger partial charge in [-0.25, -0.2) is 0 Å². The van der Waals surface area contributed by atoms with E-state index in [1.54, 1.807) is 31.4 Å². The van der Waals surface area contributed by atoms with E-state index in [0.29, 0.717) is 11.6 Å². The third kappa shape index (κ3) is 4.57. The first kappa shape index (κ1) is 20.0. The molecule has 2 aromatic carbocycles. The van der Waals surface area contributed by atoms with Gasteiger partial charge in [0.25, 0.3) is 11.6 Å². The summed E-state index contributed by atoms with van der Waals surface area (Å²) in [5, 5.41) is 17.8.